The van der Waals surface area contributed by atoms with Crippen LogP contribution in [-0.2, 0) is 6.42 Å². The zero-order chi connectivity index (χ0) is 13.0. The summed E-state index contributed by atoms with van der Waals surface area (Å²) >= 11 is 0. The Morgan fingerprint density at radius 3 is 2.94 bits per heavy atom. The fourth-order valence-electron chi connectivity index (χ4n) is 2.47. The van der Waals surface area contributed by atoms with Gasteiger partial charge in [-0.1, -0.05) is 18.2 Å². The third-order valence-electron chi connectivity index (χ3n) is 3.43. The van der Waals surface area contributed by atoms with Crippen LogP contribution in [0.15, 0.2) is 24.3 Å². The Morgan fingerprint density at radius 2 is 2.22 bits per heavy atom. The normalized spacial score (nSPS) is 20.8. The maximum Gasteiger partial charge on any atom is 0.272 e. The molecule has 0 aromatic heterocycles. The second-order valence-corrected chi connectivity index (χ2v) is 4.84. The molecule has 5 nitrogen and oxygen atoms in total. The van der Waals surface area contributed by atoms with E-state index in [0.29, 0.717) is 6.42 Å². The molecule has 0 amide bonds. The van der Waals surface area contributed by atoms with Gasteiger partial charge in [0.2, 0.25) is 0 Å². The number of rotatable bonds is 4. The van der Waals surface area contributed by atoms with Gasteiger partial charge in [-0.15, -0.1) is 0 Å². The Balaban J connectivity index is 1.95. The summed E-state index contributed by atoms with van der Waals surface area (Å²) in [6, 6.07) is 7.21. The zero-order valence-corrected chi connectivity index (χ0v) is 10.4. The molecule has 0 aliphatic carbocycles. The molecule has 2 N–H and O–H groups in total. The first-order valence-electron chi connectivity index (χ1n) is 6.37. The molecule has 1 saturated heterocycles. The van der Waals surface area contributed by atoms with Crippen LogP contribution in [-0.4, -0.2) is 35.5 Å². The van der Waals surface area contributed by atoms with Crippen LogP contribution in [0.1, 0.15) is 18.4 Å². The molecular formula is C13H19N3O2. The van der Waals surface area contributed by atoms with E-state index in [0.717, 1.165) is 38.0 Å². The van der Waals surface area contributed by atoms with E-state index in [1.165, 1.54) is 0 Å². The number of hydrogen-bond acceptors (Lipinski definition) is 4. The monoisotopic (exact) mass is 249 g/mol. The number of nitrogens with two attached hydrogens (primary N) is 1. The van der Waals surface area contributed by atoms with Crippen LogP contribution in [0.25, 0.3) is 0 Å². The van der Waals surface area contributed by atoms with E-state index in [1.807, 2.05) is 12.1 Å². The largest absolute Gasteiger partial charge is 0.327 e. The van der Waals surface area contributed by atoms with E-state index in [9.17, 15) is 10.1 Å². The van der Waals surface area contributed by atoms with Crippen molar-refractivity contribution < 1.29 is 4.92 Å². The highest BCUT2D eigenvalue weighted by Gasteiger charge is 2.18. The second-order valence-electron chi connectivity index (χ2n) is 4.84. The SMILES string of the molecule is N[C@@H]1CCCN(CCc2ccccc2[N+](=O)[O-])C1. The van der Waals surface area contributed by atoms with Crippen LogP contribution in [0.4, 0.5) is 5.69 Å². The highest BCUT2D eigenvalue weighted by atomic mass is 16.6. The molecule has 1 aliphatic rings. The van der Waals surface area contributed by atoms with Crippen molar-refractivity contribution in [3.05, 3.63) is 39.9 Å². The van der Waals surface area contributed by atoms with Crippen LogP contribution < -0.4 is 5.73 Å². The summed E-state index contributed by atoms with van der Waals surface area (Å²) in [5.41, 5.74) is 6.95. The van der Waals surface area contributed by atoms with Crippen molar-refractivity contribution in [2.24, 2.45) is 5.73 Å². The zero-order valence-electron chi connectivity index (χ0n) is 10.4. The van der Waals surface area contributed by atoms with E-state index < -0.39 is 0 Å². The number of nitrogens with zero attached hydrogens (tertiary/aromatic N) is 2. The first kappa shape index (κ1) is 13.0. The maximum absolute atomic E-state index is 10.9. The van der Waals surface area contributed by atoms with Gasteiger partial charge >= 0.3 is 0 Å². The van der Waals surface area contributed by atoms with Gasteiger partial charge in [-0.25, -0.2) is 0 Å². The third-order valence-corrected chi connectivity index (χ3v) is 3.43. The number of hydrogen-bond donors (Lipinski definition) is 1. The van der Waals surface area contributed by atoms with Gasteiger partial charge in [0.25, 0.3) is 5.69 Å². The van der Waals surface area contributed by atoms with Gasteiger partial charge in [-0.05, 0) is 25.8 Å². The lowest BCUT2D eigenvalue weighted by Gasteiger charge is -2.30. The molecule has 0 spiro atoms. The molecule has 1 heterocycles. The van der Waals surface area contributed by atoms with Crippen LogP contribution >= 0.6 is 0 Å². The second kappa shape index (κ2) is 5.93. The molecule has 0 bridgehead atoms. The molecule has 18 heavy (non-hydrogen) atoms. The van der Waals surface area contributed by atoms with E-state index >= 15 is 0 Å². The predicted octanol–water partition coefficient (Wildman–Crippen LogP) is 1.56. The molecule has 0 unspecified atom stereocenters. The number of likely N-dealkylation sites (tertiary alicyclic amines) is 1. The summed E-state index contributed by atoms with van der Waals surface area (Å²) < 4.78 is 0. The Hall–Kier alpha value is -1.46. The highest BCUT2D eigenvalue weighted by molar-refractivity contribution is 5.39. The van der Waals surface area contributed by atoms with Crippen molar-refractivity contribution in [2.45, 2.75) is 25.3 Å². The third kappa shape index (κ3) is 3.27. The Labute approximate surface area is 107 Å². The van der Waals surface area contributed by atoms with Crippen LogP contribution in [0, 0.1) is 10.1 Å². The molecule has 1 aliphatic heterocycles. The van der Waals surface area contributed by atoms with Gasteiger partial charge in [0, 0.05) is 30.8 Å². The van der Waals surface area contributed by atoms with Crippen molar-refractivity contribution in [1.29, 1.82) is 0 Å². The fourth-order valence-corrected chi connectivity index (χ4v) is 2.47. The number of benzene rings is 1. The molecule has 0 radical (unpaired) electrons. The Bertz CT molecular complexity index is 422. The van der Waals surface area contributed by atoms with E-state index in [4.69, 9.17) is 5.73 Å². The van der Waals surface area contributed by atoms with Crippen molar-refractivity contribution in [2.75, 3.05) is 19.6 Å². The molecule has 1 aromatic rings. The van der Waals surface area contributed by atoms with Gasteiger partial charge in [0.1, 0.15) is 0 Å². The quantitative estimate of drug-likeness (QED) is 0.649. The molecule has 1 fully saturated rings. The van der Waals surface area contributed by atoms with Gasteiger partial charge in [-0.3, -0.25) is 10.1 Å². The minimum absolute atomic E-state index is 0.221. The molecule has 2 rings (SSSR count). The minimum Gasteiger partial charge on any atom is -0.327 e. The van der Waals surface area contributed by atoms with Crippen molar-refractivity contribution >= 4 is 5.69 Å². The lowest BCUT2D eigenvalue weighted by atomic mass is 10.0. The Morgan fingerprint density at radius 1 is 1.44 bits per heavy atom. The predicted molar refractivity (Wildman–Crippen MR) is 70.4 cm³/mol. The number of para-hydroxylation sites is 1. The topological polar surface area (TPSA) is 72.4 Å². The molecule has 0 saturated carbocycles. The first-order valence-corrected chi connectivity index (χ1v) is 6.37. The van der Waals surface area contributed by atoms with Crippen LogP contribution in [0.5, 0.6) is 0 Å². The smallest absolute Gasteiger partial charge is 0.272 e. The maximum atomic E-state index is 10.9. The molecule has 98 valence electrons. The lowest BCUT2D eigenvalue weighted by molar-refractivity contribution is -0.385. The van der Waals surface area contributed by atoms with E-state index in [2.05, 4.69) is 4.90 Å². The van der Waals surface area contributed by atoms with Gasteiger partial charge < -0.3 is 10.6 Å². The summed E-state index contributed by atoms with van der Waals surface area (Å²) in [6.45, 7) is 2.80. The average Bonchev–Trinajstić information content (AvgIpc) is 2.37. The highest BCUT2D eigenvalue weighted by Crippen LogP contribution is 2.19. The fraction of sp³-hybridized carbons (Fsp3) is 0.538. The summed E-state index contributed by atoms with van der Waals surface area (Å²) in [5.74, 6) is 0. The number of piperidine rings is 1. The van der Waals surface area contributed by atoms with Gasteiger partial charge in [0.05, 0.1) is 4.92 Å². The van der Waals surface area contributed by atoms with Crippen LogP contribution in [0.2, 0.25) is 0 Å². The number of nitro benzene ring substituents is 1. The minimum atomic E-state index is -0.308. The van der Waals surface area contributed by atoms with Crippen LogP contribution in [0.3, 0.4) is 0 Å². The Kier molecular flexibility index (Phi) is 4.28. The lowest BCUT2D eigenvalue weighted by Crippen LogP contribution is -2.43. The summed E-state index contributed by atoms with van der Waals surface area (Å²) in [7, 11) is 0. The van der Waals surface area contributed by atoms with Crippen molar-refractivity contribution in [1.82, 2.24) is 4.90 Å². The number of nitro groups is 1. The van der Waals surface area contributed by atoms with Crippen molar-refractivity contribution in [3.63, 3.8) is 0 Å². The summed E-state index contributed by atoms with van der Waals surface area (Å²) in [5, 5.41) is 10.9. The summed E-state index contributed by atoms with van der Waals surface area (Å²) in [4.78, 5) is 12.9. The van der Waals surface area contributed by atoms with Gasteiger partial charge in [-0.2, -0.15) is 0 Å². The summed E-state index contributed by atoms with van der Waals surface area (Å²) in [6.07, 6.45) is 2.92. The average molecular weight is 249 g/mol. The van der Waals surface area contributed by atoms with Gasteiger partial charge in [0.15, 0.2) is 0 Å². The molecule has 1 atom stereocenters. The molecule has 5 heteroatoms. The van der Waals surface area contributed by atoms with Crippen molar-refractivity contribution in [3.8, 4) is 0 Å². The molecular weight excluding hydrogens is 230 g/mol. The van der Waals surface area contributed by atoms with E-state index in [1.54, 1.807) is 12.1 Å². The first-order chi connectivity index (χ1) is 8.66. The van der Waals surface area contributed by atoms with E-state index in [-0.39, 0.29) is 16.7 Å². The standard InChI is InChI=1S/C13H19N3O2/c14-12-5-3-8-15(10-12)9-7-11-4-1-2-6-13(11)16(17)18/h1-2,4,6,12H,3,5,7-10,14H2/t12-/m1/s1. The molecule has 1 aromatic carbocycles.